The molecule has 0 atom stereocenters. The number of likely N-dealkylation sites (N-methyl/N-ethyl adjacent to an activating group) is 1. The summed E-state index contributed by atoms with van der Waals surface area (Å²) in [6.07, 6.45) is 0. The van der Waals surface area contributed by atoms with Crippen molar-refractivity contribution in [2.24, 2.45) is 0 Å². The Kier molecular flexibility index (Phi) is 7.17. The van der Waals surface area contributed by atoms with Gasteiger partial charge in [-0.2, -0.15) is 0 Å². The fraction of sp³-hybridized carbons (Fsp3) is 0.300. The first-order chi connectivity index (χ1) is 12.5. The summed E-state index contributed by atoms with van der Waals surface area (Å²) in [7, 11) is 0. The Hall–Kier alpha value is -2.86. The van der Waals surface area contributed by atoms with Crippen LogP contribution in [0.15, 0.2) is 42.5 Å². The number of esters is 1. The molecule has 0 amide bonds. The van der Waals surface area contributed by atoms with Crippen molar-refractivity contribution in [3.63, 3.8) is 0 Å². The molecule has 2 N–H and O–H groups in total. The number of ketones is 1. The predicted molar refractivity (Wildman–Crippen MR) is 97.7 cm³/mol. The number of ether oxygens (including phenoxy) is 2. The largest absolute Gasteiger partial charge is 0.508 e. The van der Waals surface area contributed by atoms with Gasteiger partial charge in [0, 0.05) is 12.1 Å². The molecule has 0 aliphatic carbocycles. The second kappa shape index (κ2) is 9.58. The summed E-state index contributed by atoms with van der Waals surface area (Å²) < 4.78 is 11.0. The second-order valence-electron chi connectivity index (χ2n) is 5.65. The van der Waals surface area contributed by atoms with Gasteiger partial charge in [-0.3, -0.25) is 4.79 Å². The average Bonchev–Trinajstić information content (AvgIpc) is 2.64. The van der Waals surface area contributed by atoms with Crippen LogP contribution >= 0.6 is 0 Å². The molecule has 0 fully saturated rings. The molecule has 0 aromatic heterocycles. The highest BCUT2D eigenvalue weighted by molar-refractivity contribution is 6.02. The monoisotopic (exact) mass is 357 g/mol. The summed E-state index contributed by atoms with van der Waals surface area (Å²) >= 11 is 0. The third-order valence-corrected chi connectivity index (χ3v) is 3.74. The normalized spacial score (nSPS) is 10.4. The second-order valence-corrected chi connectivity index (χ2v) is 5.65. The number of hydrogen-bond donors (Lipinski definition) is 2. The zero-order chi connectivity index (χ0) is 18.9. The Morgan fingerprint density at radius 1 is 1.08 bits per heavy atom. The fourth-order valence-corrected chi connectivity index (χ4v) is 2.38. The standard InChI is InChI=1S/C20H23NO5/c1-3-21-11-12-25-20(24)17-9-6-8-16(14(2)22)19(17)26-13-15-7-4-5-10-18(15)23/h4-10,21,23H,3,11-13H2,1-2H3. The van der Waals surface area contributed by atoms with Crippen LogP contribution < -0.4 is 10.1 Å². The number of aromatic hydroxyl groups is 1. The summed E-state index contributed by atoms with van der Waals surface area (Å²) in [5.41, 5.74) is 1.03. The zero-order valence-corrected chi connectivity index (χ0v) is 15.0. The van der Waals surface area contributed by atoms with E-state index >= 15 is 0 Å². The molecule has 0 heterocycles. The van der Waals surface area contributed by atoms with Gasteiger partial charge in [0.2, 0.25) is 0 Å². The van der Waals surface area contributed by atoms with Crippen LogP contribution in [0, 0.1) is 0 Å². The Balaban J connectivity index is 2.22. The van der Waals surface area contributed by atoms with Crippen molar-refractivity contribution in [1.82, 2.24) is 5.32 Å². The number of hydrogen-bond acceptors (Lipinski definition) is 6. The SMILES string of the molecule is CCNCCOC(=O)c1cccc(C(C)=O)c1OCc1ccccc1O. The summed E-state index contributed by atoms with van der Waals surface area (Å²) in [5, 5.41) is 12.9. The van der Waals surface area contributed by atoms with Gasteiger partial charge >= 0.3 is 5.97 Å². The topological polar surface area (TPSA) is 84.9 Å². The molecule has 6 nitrogen and oxygen atoms in total. The highest BCUT2D eigenvalue weighted by Crippen LogP contribution is 2.28. The third-order valence-electron chi connectivity index (χ3n) is 3.74. The molecule has 6 heteroatoms. The van der Waals surface area contributed by atoms with Crippen molar-refractivity contribution >= 4 is 11.8 Å². The molecular weight excluding hydrogens is 334 g/mol. The van der Waals surface area contributed by atoms with Gasteiger partial charge in [0.25, 0.3) is 0 Å². The first-order valence-corrected chi connectivity index (χ1v) is 8.46. The van der Waals surface area contributed by atoms with Crippen LogP contribution in [0.2, 0.25) is 0 Å². The van der Waals surface area contributed by atoms with Gasteiger partial charge in [0.1, 0.15) is 30.3 Å². The van der Waals surface area contributed by atoms with Crippen LogP contribution in [0.4, 0.5) is 0 Å². The van der Waals surface area contributed by atoms with Gasteiger partial charge in [0.15, 0.2) is 5.78 Å². The van der Waals surface area contributed by atoms with Crippen molar-refractivity contribution < 1.29 is 24.2 Å². The molecule has 0 saturated heterocycles. The number of rotatable bonds is 9. The molecular formula is C20H23NO5. The molecule has 2 rings (SSSR count). The Bertz CT molecular complexity index is 773. The van der Waals surface area contributed by atoms with Gasteiger partial charge < -0.3 is 19.9 Å². The molecule has 0 saturated carbocycles. The number of phenolic OH excluding ortho intramolecular Hbond substituents is 1. The van der Waals surface area contributed by atoms with Crippen LogP contribution in [-0.4, -0.2) is 36.6 Å². The summed E-state index contributed by atoms with van der Waals surface area (Å²) in [6, 6.07) is 11.5. The minimum atomic E-state index is -0.557. The molecule has 0 aliphatic rings. The number of benzene rings is 2. The van der Waals surface area contributed by atoms with Crippen LogP contribution in [0.25, 0.3) is 0 Å². The van der Waals surface area contributed by atoms with Crippen LogP contribution in [0.5, 0.6) is 11.5 Å². The summed E-state index contributed by atoms with van der Waals surface area (Å²) in [4.78, 5) is 24.3. The zero-order valence-electron chi connectivity index (χ0n) is 15.0. The first-order valence-electron chi connectivity index (χ1n) is 8.46. The molecule has 0 spiro atoms. The smallest absolute Gasteiger partial charge is 0.341 e. The molecule has 0 aliphatic heterocycles. The number of phenols is 1. The van der Waals surface area contributed by atoms with Gasteiger partial charge in [-0.05, 0) is 31.7 Å². The Morgan fingerprint density at radius 2 is 1.81 bits per heavy atom. The molecule has 2 aromatic carbocycles. The molecule has 2 aromatic rings. The minimum absolute atomic E-state index is 0.0225. The number of carbonyl (C=O) groups excluding carboxylic acids is 2. The van der Waals surface area contributed by atoms with Crippen molar-refractivity contribution in [1.29, 1.82) is 0 Å². The van der Waals surface area contributed by atoms with E-state index in [2.05, 4.69) is 5.32 Å². The summed E-state index contributed by atoms with van der Waals surface area (Å²) in [6.45, 7) is 4.94. The Morgan fingerprint density at radius 3 is 2.50 bits per heavy atom. The molecule has 0 bridgehead atoms. The molecule has 0 radical (unpaired) electrons. The lowest BCUT2D eigenvalue weighted by Crippen LogP contribution is -2.21. The highest BCUT2D eigenvalue weighted by Gasteiger charge is 2.20. The van der Waals surface area contributed by atoms with E-state index in [-0.39, 0.29) is 36.1 Å². The number of Topliss-reactive ketones (excluding diaryl/α,β-unsaturated/α-hetero) is 1. The van der Waals surface area contributed by atoms with E-state index < -0.39 is 5.97 Å². The third kappa shape index (κ3) is 5.07. The number of nitrogens with one attached hydrogen (secondary N) is 1. The van der Waals surface area contributed by atoms with Crippen LogP contribution in [0.1, 0.15) is 40.1 Å². The van der Waals surface area contributed by atoms with E-state index in [0.717, 1.165) is 6.54 Å². The van der Waals surface area contributed by atoms with Crippen molar-refractivity contribution in [3.8, 4) is 11.5 Å². The van der Waals surface area contributed by atoms with Crippen LogP contribution in [0.3, 0.4) is 0 Å². The quantitative estimate of drug-likeness (QED) is 0.408. The number of para-hydroxylation sites is 2. The maximum Gasteiger partial charge on any atom is 0.341 e. The Labute approximate surface area is 152 Å². The minimum Gasteiger partial charge on any atom is -0.508 e. The maximum absolute atomic E-state index is 12.4. The predicted octanol–water partition coefficient (Wildman–Crippen LogP) is 2.94. The van der Waals surface area contributed by atoms with Gasteiger partial charge in [-0.15, -0.1) is 0 Å². The fourth-order valence-electron chi connectivity index (χ4n) is 2.38. The first kappa shape index (κ1) is 19.5. The van der Waals surface area contributed by atoms with Crippen molar-refractivity contribution in [2.75, 3.05) is 19.7 Å². The van der Waals surface area contributed by atoms with E-state index in [1.807, 2.05) is 6.92 Å². The van der Waals surface area contributed by atoms with E-state index in [0.29, 0.717) is 17.7 Å². The van der Waals surface area contributed by atoms with Crippen molar-refractivity contribution in [2.45, 2.75) is 20.5 Å². The molecule has 0 unspecified atom stereocenters. The lowest BCUT2D eigenvalue weighted by Gasteiger charge is -2.15. The van der Waals surface area contributed by atoms with E-state index in [1.165, 1.54) is 6.92 Å². The highest BCUT2D eigenvalue weighted by atomic mass is 16.5. The van der Waals surface area contributed by atoms with E-state index in [1.54, 1.807) is 42.5 Å². The maximum atomic E-state index is 12.4. The van der Waals surface area contributed by atoms with Gasteiger partial charge in [-0.1, -0.05) is 31.2 Å². The average molecular weight is 357 g/mol. The van der Waals surface area contributed by atoms with Gasteiger partial charge in [0.05, 0.1) is 5.56 Å². The van der Waals surface area contributed by atoms with Gasteiger partial charge in [-0.25, -0.2) is 4.79 Å². The summed E-state index contributed by atoms with van der Waals surface area (Å²) in [5.74, 6) is -0.530. The number of carbonyl (C=O) groups is 2. The van der Waals surface area contributed by atoms with Crippen molar-refractivity contribution in [3.05, 3.63) is 59.2 Å². The lowest BCUT2D eigenvalue weighted by molar-refractivity contribution is 0.0504. The molecule has 138 valence electrons. The molecule has 26 heavy (non-hydrogen) atoms. The van der Waals surface area contributed by atoms with E-state index in [4.69, 9.17) is 9.47 Å². The van der Waals surface area contributed by atoms with Crippen LogP contribution in [-0.2, 0) is 11.3 Å². The van der Waals surface area contributed by atoms with E-state index in [9.17, 15) is 14.7 Å². The lowest BCUT2D eigenvalue weighted by atomic mass is 10.1.